The maximum atomic E-state index is 12.4. The Hall–Kier alpha value is -1.69. The van der Waals surface area contributed by atoms with E-state index in [4.69, 9.17) is 0 Å². The molecule has 5 nitrogen and oxygen atoms in total. The largest absolute Gasteiger partial charge is 0.394 e. The van der Waals surface area contributed by atoms with Crippen molar-refractivity contribution in [1.29, 1.82) is 0 Å². The molecule has 0 aromatic carbocycles. The summed E-state index contributed by atoms with van der Waals surface area (Å²) in [5.74, 6) is -0.526. The Morgan fingerprint density at radius 3 is 1.44 bits per heavy atom. The molecule has 1 amide bonds. The molecule has 0 rings (SSSR count). The van der Waals surface area contributed by atoms with Gasteiger partial charge in [-0.3, -0.25) is 4.79 Å². The lowest BCUT2D eigenvalue weighted by molar-refractivity contribution is -0.131. The van der Waals surface area contributed by atoms with Gasteiger partial charge in [0.2, 0.25) is 5.91 Å². The number of hydrogen-bond acceptors (Lipinski definition) is 4. The van der Waals surface area contributed by atoms with E-state index in [0.717, 1.165) is 57.8 Å². The second kappa shape index (κ2) is 35.2. The molecular weight excluding hydrogens is 558 g/mol. The molecule has 3 atom stereocenters. The summed E-state index contributed by atoms with van der Waals surface area (Å²) < 4.78 is 0. The van der Waals surface area contributed by atoms with Gasteiger partial charge in [0.15, 0.2) is 0 Å². The Kier molecular flexibility index (Phi) is 33.8. The van der Waals surface area contributed by atoms with Crippen molar-refractivity contribution in [1.82, 2.24) is 5.32 Å². The van der Waals surface area contributed by atoms with Gasteiger partial charge in [-0.2, -0.15) is 0 Å². The molecule has 45 heavy (non-hydrogen) atoms. The molecule has 0 spiro atoms. The van der Waals surface area contributed by atoms with Gasteiger partial charge in [0.05, 0.1) is 18.8 Å². The van der Waals surface area contributed by atoms with Crippen LogP contribution >= 0.6 is 0 Å². The number of amides is 1. The smallest absolute Gasteiger partial charge is 0.249 e. The van der Waals surface area contributed by atoms with Crippen molar-refractivity contribution in [3.63, 3.8) is 0 Å². The molecule has 0 aliphatic rings. The van der Waals surface area contributed by atoms with Crippen LogP contribution in [0.3, 0.4) is 0 Å². The average Bonchev–Trinajstić information content (AvgIpc) is 3.04. The fraction of sp³-hybridized carbons (Fsp3) is 0.775. The molecule has 3 unspecified atom stereocenters. The van der Waals surface area contributed by atoms with Crippen LogP contribution in [0.5, 0.6) is 0 Å². The standard InChI is InChI=1S/C40H73NO4/c1-3-5-7-9-11-13-15-16-17-18-19-20-21-22-23-25-27-29-31-33-35-39(44)40(45)41-37(36-42)38(43)34-32-30-28-26-24-14-12-10-8-6-4-2/h8,10,20-21,24,26,32,34,37-39,42-44H,3-7,9,11-19,22-23,25,27-31,33,35-36H2,1-2H3,(H,41,45)/b10-8+,21-20-,26-24+,34-32+. The fourth-order valence-corrected chi connectivity index (χ4v) is 5.33. The molecule has 0 aromatic rings. The van der Waals surface area contributed by atoms with E-state index in [-0.39, 0.29) is 6.61 Å². The Bertz CT molecular complexity index is 745. The van der Waals surface area contributed by atoms with Crippen LogP contribution in [0.4, 0.5) is 0 Å². The first-order valence-electron chi connectivity index (χ1n) is 19.0. The summed E-state index contributed by atoms with van der Waals surface area (Å²) in [6.07, 6.45) is 44.2. The molecule has 0 bridgehead atoms. The third-order valence-corrected chi connectivity index (χ3v) is 8.35. The average molecular weight is 632 g/mol. The van der Waals surface area contributed by atoms with Crippen molar-refractivity contribution in [2.75, 3.05) is 6.61 Å². The van der Waals surface area contributed by atoms with Gasteiger partial charge in [0, 0.05) is 0 Å². The number of rotatable bonds is 33. The van der Waals surface area contributed by atoms with Crippen LogP contribution in [0.1, 0.15) is 174 Å². The van der Waals surface area contributed by atoms with Crippen LogP contribution in [0.15, 0.2) is 48.6 Å². The lowest BCUT2D eigenvalue weighted by atomic mass is 10.0. The normalized spacial score (nSPS) is 14.3. The molecule has 0 aliphatic carbocycles. The first-order valence-corrected chi connectivity index (χ1v) is 19.0. The summed E-state index contributed by atoms with van der Waals surface area (Å²) in [6, 6.07) is -0.821. The second-order valence-electron chi connectivity index (χ2n) is 12.8. The topological polar surface area (TPSA) is 89.8 Å². The van der Waals surface area contributed by atoms with Crippen molar-refractivity contribution in [2.45, 2.75) is 193 Å². The fourth-order valence-electron chi connectivity index (χ4n) is 5.33. The second-order valence-corrected chi connectivity index (χ2v) is 12.8. The summed E-state index contributed by atoms with van der Waals surface area (Å²) in [7, 11) is 0. The number of unbranched alkanes of at least 4 members (excludes halogenated alkanes) is 19. The molecule has 0 saturated heterocycles. The van der Waals surface area contributed by atoms with Crippen molar-refractivity contribution in [3.05, 3.63) is 48.6 Å². The highest BCUT2D eigenvalue weighted by Crippen LogP contribution is 2.13. The maximum absolute atomic E-state index is 12.4. The van der Waals surface area contributed by atoms with E-state index in [2.05, 4.69) is 55.6 Å². The van der Waals surface area contributed by atoms with E-state index in [1.807, 2.05) is 6.08 Å². The molecule has 0 saturated carbocycles. The summed E-state index contributed by atoms with van der Waals surface area (Å²) in [5.41, 5.74) is 0. The summed E-state index contributed by atoms with van der Waals surface area (Å²) in [5, 5.41) is 32.9. The lowest BCUT2D eigenvalue weighted by Crippen LogP contribution is -2.48. The molecule has 0 aromatic heterocycles. The molecule has 0 aliphatic heterocycles. The van der Waals surface area contributed by atoms with Crippen LogP contribution < -0.4 is 5.32 Å². The quantitative estimate of drug-likeness (QED) is 0.0429. The van der Waals surface area contributed by atoms with Gasteiger partial charge in [0.25, 0.3) is 0 Å². The minimum absolute atomic E-state index is 0.385. The van der Waals surface area contributed by atoms with E-state index in [9.17, 15) is 20.1 Å². The number of nitrogens with one attached hydrogen (secondary N) is 1. The van der Waals surface area contributed by atoms with Crippen LogP contribution in [0.25, 0.3) is 0 Å². The van der Waals surface area contributed by atoms with E-state index in [1.165, 1.54) is 96.3 Å². The van der Waals surface area contributed by atoms with Gasteiger partial charge >= 0.3 is 0 Å². The van der Waals surface area contributed by atoms with Crippen LogP contribution in [0.2, 0.25) is 0 Å². The van der Waals surface area contributed by atoms with Crippen LogP contribution in [-0.2, 0) is 4.79 Å². The van der Waals surface area contributed by atoms with E-state index in [1.54, 1.807) is 6.08 Å². The third kappa shape index (κ3) is 30.7. The first-order chi connectivity index (χ1) is 22.1. The summed E-state index contributed by atoms with van der Waals surface area (Å²) in [6.45, 7) is 4.07. The predicted molar refractivity (Wildman–Crippen MR) is 194 cm³/mol. The highest BCUT2D eigenvalue weighted by molar-refractivity contribution is 5.80. The van der Waals surface area contributed by atoms with Crippen molar-refractivity contribution < 1.29 is 20.1 Å². The number of carbonyl (C=O) groups is 1. The zero-order chi connectivity index (χ0) is 33.1. The lowest BCUT2D eigenvalue weighted by Gasteiger charge is -2.21. The van der Waals surface area contributed by atoms with E-state index in [0.29, 0.717) is 6.42 Å². The number of aliphatic hydroxyl groups is 3. The van der Waals surface area contributed by atoms with E-state index >= 15 is 0 Å². The van der Waals surface area contributed by atoms with Crippen LogP contribution in [-0.4, -0.2) is 46.1 Å². The van der Waals surface area contributed by atoms with Crippen LogP contribution in [0, 0.1) is 0 Å². The highest BCUT2D eigenvalue weighted by Gasteiger charge is 2.22. The summed E-state index contributed by atoms with van der Waals surface area (Å²) >= 11 is 0. The minimum Gasteiger partial charge on any atom is -0.394 e. The zero-order valence-corrected chi connectivity index (χ0v) is 29.5. The number of aliphatic hydroxyl groups excluding tert-OH is 3. The van der Waals surface area contributed by atoms with Crippen molar-refractivity contribution in [2.24, 2.45) is 0 Å². The molecule has 0 heterocycles. The third-order valence-electron chi connectivity index (χ3n) is 8.35. The number of carbonyl (C=O) groups excluding carboxylic acids is 1. The van der Waals surface area contributed by atoms with Gasteiger partial charge in [-0.1, -0.05) is 159 Å². The Balaban J connectivity index is 3.75. The van der Waals surface area contributed by atoms with Crippen molar-refractivity contribution in [3.8, 4) is 0 Å². The first kappa shape index (κ1) is 43.3. The molecule has 5 heteroatoms. The van der Waals surface area contributed by atoms with Gasteiger partial charge in [-0.05, 0) is 64.2 Å². The maximum Gasteiger partial charge on any atom is 0.249 e. The summed E-state index contributed by atoms with van der Waals surface area (Å²) in [4.78, 5) is 12.4. The number of allylic oxidation sites excluding steroid dienone is 7. The molecule has 262 valence electrons. The molecule has 0 radical (unpaired) electrons. The predicted octanol–water partition coefficient (Wildman–Crippen LogP) is 10.2. The van der Waals surface area contributed by atoms with Gasteiger partial charge in [0.1, 0.15) is 6.10 Å². The Labute approximate surface area is 278 Å². The monoisotopic (exact) mass is 632 g/mol. The number of hydrogen-bond donors (Lipinski definition) is 4. The Morgan fingerprint density at radius 2 is 0.956 bits per heavy atom. The minimum atomic E-state index is -1.11. The SMILES string of the molecule is CCC/C=C/CC/C=C/CC/C=C/C(O)C(CO)NC(=O)C(O)CCCCCCCC/C=C\CCCCCCCCCCCC. The highest BCUT2D eigenvalue weighted by atomic mass is 16.3. The van der Waals surface area contributed by atoms with Gasteiger partial charge in [-0.25, -0.2) is 0 Å². The van der Waals surface area contributed by atoms with E-state index < -0.39 is 24.2 Å². The molecular formula is C40H73NO4. The Morgan fingerprint density at radius 1 is 0.533 bits per heavy atom. The molecule has 4 N–H and O–H groups in total. The zero-order valence-electron chi connectivity index (χ0n) is 29.5. The molecule has 0 fully saturated rings. The van der Waals surface area contributed by atoms with Gasteiger partial charge < -0.3 is 20.6 Å². The van der Waals surface area contributed by atoms with Gasteiger partial charge in [-0.15, -0.1) is 0 Å². The van der Waals surface area contributed by atoms with Crippen molar-refractivity contribution >= 4 is 5.91 Å².